The van der Waals surface area contributed by atoms with Crippen LogP contribution in [0.5, 0.6) is 0 Å². The van der Waals surface area contributed by atoms with Crippen LogP contribution in [-0.4, -0.2) is 36.4 Å². The zero-order chi connectivity index (χ0) is 23.7. The smallest absolute Gasteiger partial charge is 0.306 e. The zero-order valence-corrected chi connectivity index (χ0v) is 20.4. The molecule has 1 atom stereocenters. The second-order valence-electron chi connectivity index (χ2n) is 8.03. The topological polar surface area (TPSA) is 72.8 Å². The molecule has 0 fully saturated rings. The molecule has 0 radical (unpaired) electrons. The number of hydrogen-bond donors (Lipinski definition) is 1. The second kappa shape index (κ2) is 23.8. The minimum absolute atomic E-state index is 0.0792. The van der Waals surface area contributed by atoms with E-state index in [-0.39, 0.29) is 25.2 Å². The molecular formula is C27H46O5. The molecule has 0 saturated carbocycles. The maximum atomic E-state index is 11.9. The van der Waals surface area contributed by atoms with Crippen molar-refractivity contribution in [3.63, 3.8) is 0 Å². The first-order chi connectivity index (χ1) is 15.6. The number of hydrogen-bond acceptors (Lipinski definition) is 5. The van der Waals surface area contributed by atoms with E-state index in [0.29, 0.717) is 12.8 Å². The molecule has 0 bridgehead atoms. The van der Waals surface area contributed by atoms with Gasteiger partial charge in [0.05, 0.1) is 6.61 Å². The Morgan fingerprint density at radius 3 is 2.00 bits per heavy atom. The summed E-state index contributed by atoms with van der Waals surface area (Å²) in [5.41, 5.74) is 0. The number of aliphatic hydroxyl groups excluding tert-OH is 1. The van der Waals surface area contributed by atoms with Crippen LogP contribution in [0.1, 0.15) is 104 Å². The van der Waals surface area contributed by atoms with E-state index in [0.717, 1.165) is 64.2 Å². The third-order valence-corrected chi connectivity index (χ3v) is 4.95. The van der Waals surface area contributed by atoms with Crippen molar-refractivity contribution in [2.45, 2.75) is 110 Å². The van der Waals surface area contributed by atoms with E-state index in [1.807, 2.05) is 0 Å². The van der Waals surface area contributed by atoms with Crippen LogP contribution < -0.4 is 0 Å². The fourth-order valence-electron chi connectivity index (χ4n) is 3.03. The number of esters is 2. The largest absolute Gasteiger partial charge is 0.462 e. The van der Waals surface area contributed by atoms with Crippen molar-refractivity contribution in [3.05, 3.63) is 36.5 Å². The first-order valence-corrected chi connectivity index (χ1v) is 12.5. The summed E-state index contributed by atoms with van der Waals surface area (Å²) in [5, 5.41) is 9.36. The van der Waals surface area contributed by atoms with E-state index >= 15 is 0 Å². The van der Waals surface area contributed by atoms with Crippen LogP contribution in [0.25, 0.3) is 0 Å². The van der Waals surface area contributed by atoms with Gasteiger partial charge in [0, 0.05) is 12.8 Å². The van der Waals surface area contributed by atoms with Gasteiger partial charge in [0.1, 0.15) is 6.61 Å². The van der Waals surface area contributed by atoms with Gasteiger partial charge in [-0.15, -0.1) is 0 Å². The standard InChI is InChI=1S/C27H46O5/c1-3-5-7-9-10-11-12-13-14-15-16-18-20-22-27(30)32-25(23-28)24-31-26(29)21-19-17-8-6-4-2/h5,7,10-11,13-14,25,28H,3-4,6,8-9,12,15-24H2,1-2H3/b7-5-,11-10-,14-13-. The van der Waals surface area contributed by atoms with Gasteiger partial charge >= 0.3 is 11.9 Å². The molecule has 0 aliphatic heterocycles. The highest BCUT2D eigenvalue weighted by Gasteiger charge is 2.15. The zero-order valence-electron chi connectivity index (χ0n) is 20.4. The third-order valence-electron chi connectivity index (χ3n) is 4.95. The summed E-state index contributed by atoms with van der Waals surface area (Å²) < 4.78 is 10.4. The molecule has 0 aromatic heterocycles. The van der Waals surface area contributed by atoms with Crippen molar-refractivity contribution in [1.82, 2.24) is 0 Å². The van der Waals surface area contributed by atoms with Gasteiger partial charge in [-0.1, -0.05) is 82.4 Å². The monoisotopic (exact) mass is 450 g/mol. The Kier molecular flexibility index (Phi) is 22.4. The lowest BCUT2D eigenvalue weighted by molar-refractivity contribution is -0.161. The lowest BCUT2D eigenvalue weighted by atomic mass is 10.1. The van der Waals surface area contributed by atoms with Crippen LogP contribution in [0.15, 0.2) is 36.5 Å². The summed E-state index contributed by atoms with van der Waals surface area (Å²) in [6.45, 7) is 3.86. The number of ether oxygens (including phenoxy) is 2. The molecule has 32 heavy (non-hydrogen) atoms. The number of allylic oxidation sites excluding steroid dienone is 6. The van der Waals surface area contributed by atoms with Crippen molar-refractivity contribution >= 4 is 11.9 Å². The fourth-order valence-corrected chi connectivity index (χ4v) is 3.03. The number of carbonyl (C=O) groups is 2. The van der Waals surface area contributed by atoms with Gasteiger partial charge in [-0.3, -0.25) is 9.59 Å². The Hall–Kier alpha value is -1.88. The van der Waals surface area contributed by atoms with Crippen molar-refractivity contribution < 1.29 is 24.2 Å². The van der Waals surface area contributed by atoms with Crippen molar-refractivity contribution in [2.24, 2.45) is 0 Å². The van der Waals surface area contributed by atoms with Crippen LogP contribution in [0.4, 0.5) is 0 Å². The maximum Gasteiger partial charge on any atom is 0.306 e. The molecule has 0 aliphatic carbocycles. The third kappa shape index (κ3) is 21.4. The van der Waals surface area contributed by atoms with Crippen LogP contribution >= 0.6 is 0 Å². The Bertz CT molecular complexity index is 536. The molecule has 1 unspecified atom stereocenters. The molecule has 0 aromatic carbocycles. The molecule has 0 amide bonds. The van der Waals surface area contributed by atoms with Crippen LogP contribution in [0.2, 0.25) is 0 Å². The van der Waals surface area contributed by atoms with Crippen molar-refractivity contribution in [3.8, 4) is 0 Å². The first-order valence-electron chi connectivity index (χ1n) is 12.5. The predicted octanol–water partition coefficient (Wildman–Crippen LogP) is 6.60. The summed E-state index contributed by atoms with van der Waals surface area (Å²) in [7, 11) is 0. The lowest BCUT2D eigenvalue weighted by Gasteiger charge is -2.15. The van der Waals surface area contributed by atoms with Crippen molar-refractivity contribution in [1.29, 1.82) is 0 Å². The van der Waals surface area contributed by atoms with Crippen LogP contribution in [0, 0.1) is 0 Å². The molecule has 0 spiro atoms. The van der Waals surface area contributed by atoms with E-state index in [4.69, 9.17) is 9.47 Å². The number of carbonyl (C=O) groups excluding carboxylic acids is 2. The second-order valence-corrected chi connectivity index (χ2v) is 8.03. The number of unbranched alkanes of at least 4 members (excludes halogenated alkanes) is 7. The quantitative estimate of drug-likeness (QED) is 0.121. The number of aliphatic hydroxyl groups is 1. The van der Waals surface area contributed by atoms with E-state index < -0.39 is 6.10 Å². The first kappa shape index (κ1) is 30.1. The molecule has 1 N–H and O–H groups in total. The molecule has 0 saturated heterocycles. The Balaban J connectivity index is 3.72. The molecule has 0 rings (SSSR count). The molecular weight excluding hydrogens is 404 g/mol. The van der Waals surface area contributed by atoms with Crippen molar-refractivity contribution in [2.75, 3.05) is 13.2 Å². The minimum atomic E-state index is -0.778. The SMILES string of the molecule is CC/C=C\C/C=C\C/C=C\CCCCCC(=O)OC(CO)COC(=O)CCCCCCC. The van der Waals surface area contributed by atoms with Gasteiger partial charge in [0.25, 0.3) is 0 Å². The average molecular weight is 451 g/mol. The van der Waals surface area contributed by atoms with Gasteiger partial charge in [-0.05, 0) is 44.9 Å². The molecule has 184 valence electrons. The summed E-state index contributed by atoms with van der Waals surface area (Å²) in [4.78, 5) is 23.7. The Labute approximate surface area is 196 Å². The summed E-state index contributed by atoms with van der Waals surface area (Å²) in [6.07, 6.45) is 25.1. The van der Waals surface area contributed by atoms with Gasteiger partial charge in [-0.25, -0.2) is 0 Å². The summed E-state index contributed by atoms with van der Waals surface area (Å²) >= 11 is 0. The van der Waals surface area contributed by atoms with Gasteiger partial charge < -0.3 is 14.6 Å². The van der Waals surface area contributed by atoms with Gasteiger partial charge in [0.2, 0.25) is 0 Å². The fraction of sp³-hybridized carbons (Fsp3) is 0.704. The highest BCUT2D eigenvalue weighted by molar-refractivity contribution is 5.70. The highest BCUT2D eigenvalue weighted by atomic mass is 16.6. The van der Waals surface area contributed by atoms with E-state index in [2.05, 4.69) is 50.3 Å². The van der Waals surface area contributed by atoms with Gasteiger partial charge in [-0.2, -0.15) is 0 Å². The highest BCUT2D eigenvalue weighted by Crippen LogP contribution is 2.08. The summed E-state index contributed by atoms with van der Waals surface area (Å²) in [6, 6.07) is 0. The molecule has 0 heterocycles. The van der Waals surface area contributed by atoms with Crippen LogP contribution in [0.3, 0.4) is 0 Å². The number of rotatable bonds is 21. The Morgan fingerprint density at radius 1 is 0.750 bits per heavy atom. The van der Waals surface area contributed by atoms with E-state index in [9.17, 15) is 14.7 Å². The molecule has 5 heteroatoms. The Morgan fingerprint density at radius 2 is 1.34 bits per heavy atom. The molecule has 5 nitrogen and oxygen atoms in total. The minimum Gasteiger partial charge on any atom is -0.462 e. The summed E-state index contributed by atoms with van der Waals surface area (Å²) in [5.74, 6) is -0.648. The average Bonchev–Trinajstić information content (AvgIpc) is 2.79. The van der Waals surface area contributed by atoms with Gasteiger partial charge in [0.15, 0.2) is 6.10 Å². The molecule has 0 aliphatic rings. The maximum absolute atomic E-state index is 11.9. The predicted molar refractivity (Wildman–Crippen MR) is 131 cm³/mol. The molecule has 0 aromatic rings. The normalized spacial score (nSPS) is 12.7. The van der Waals surface area contributed by atoms with E-state index in [1.54, 1.807) is 0 Å². The lowest BCUT2D eigenvalue weighted by Crippen LogP contribution is -2.28. The van der Waals surface area contributed by atoms with Crippen LogP contribution in [-0.2, 0) is 19.1 Å². The van der Waals surface area contributed by atoms with E-state index in [1.165, 1.54) is 12.8 Å².